The average molecular weight is 468 g/mol. The molecule has 0 radical (unpaired) electrons. The molecule has 5 nitrogen and oxygen atoms in total. The lowest BCUT2D eigenvalue weighted by Gasteiger charge is -2.29. The summed E-state index contributed by atoms with van der Waals surface area (Å²) < 4.78 is 3.96. The van der Waals surface area contributed by atoms with Crippen molar-refractivity contribution >= 4 is 39.2 Å². The second-order valence-corrected chi connectivity index (χ2v) is 9.45. The minimum absolute atomic E-state index is 0.428. The third-order valence-corrected chi connectivity index (χ3v) is 7.17. The molecule has 5 aromatic rings. The van der Waals surface area contributed by atoms with Crippen molar-refractivity contribution in [2.75, 3.05) is 18.0 Å². The summed E-state index contributed by atoms with van der Waals surface area (Å²) in [6.07, 6.45) is 5.65. The number of hydrogen-bond acceptors (Lipinski definition) is 3. The average Bonchev–Trinajstić information content (AvgIpc) is 3.15. The molecule has 0 bridgehead atoms. The fourth-order valence-corrected chi connectivity index (χ4v) is 5.20. The highest BCUT2D eigenvalue weighted by Crippen LogP contribution is 2.31. The lowest BCUT2D eigenvalue weighted by atomic mass is 10.0. The molecule has 0 atom stereocenters. The molecule has 0 unspecified atom stereocenters. The number of hydrogen-bond donors (Lipinski definition) is 1. The minimum atomic E-state index is 0.428. The van der Waals surface area contributed by atoms with Gasteiger partial charge in [0.25, 0.3) is 0 Å². The molecule has 3 heterocycles. The summed E-state index contributed by atoms with van der Waals surface area (Å²) in [7, 11) is 1.94. The van der Waals surface area contributed by atoms with Gasteiger partial charge in [-0.2, -0.15) is 0 Å². The van der Waals surface area contributed by atoms with Crippen LogP contribution >= 0.6 is 11.6 Å². The van der Waals surface area contributed by atoms with Gasteiger partial charge in [0.2, 0.25) is 5.62 Å². The molecule has 0 saturated carbocycles. The number of nitrogens with zero attached hydrogens (tertiary/aromatic N) is 4. The van der Waals surface area contributed by atoms with Crippen molar-refractivity contribution in [1.82, 2.24) is 14.1 Å². The maximum atomic E-state index is 8.96. The number of piperidine rings is 1. The molecule has 6 heteroatoms. The van der Waals surface area contributed by atoms with Crippen molar-refractivity contribution in [3.8, 4) is 16.8 Å². The first-order chi connectivity index (χ1) is 16.6. The largest absolute Gasteiger partial charge is 0.371 e. The van der Waals surface area contributed by atoms with Crippen LogP contribution in [0.3, 0.4) is 0 Å². The first-order valence-corrected chi connectivity index (χ1v) is 12.1. The Bertz CT molecular complexity index is 1570. The van der Waals surface area contributed by atoms with Crippen LogP contribution in [0.4, 0.5) is 5.69 Å². The Morgan fingerprint density at radius 2 is 1.59 bits per heavy atom. The Labute approximate surface area is 203 Å². The number of anilines is 1. The maximum absolute atomic E-state index is 8.96. The van der Waals surface area contributed by atoms with Gasteiger partial charge in [-0.05, 0) is 72.9 Å². The molecule has 1 saturated heterocycles. The highest BCUT2D eigenvalue weighted by molar-refractivity contribution is 6.30. The van der Waals surface area contributed by atoms with Crippen LogP contribution in [0.1, 0.15) is 19.3 Å². The van der Waals surface area contributed by atoms with E-state index in [9.17, 15) is 0 Å². The normalized spacial score (nSPS) is 14.2. The quantitative estimate of drug-likeness (QED) is 0.338. The van der Waals surface area contributed by atoms with E-state index in [0.717, 1.165) is 56.9 Å². The summed E-state index contributed by atoms with van der Waals surface area (Å²) in [5.74, 6) is 0. The molecule has 170 valence electrons. The van der Waals surface area contributed by atoms with E-state index < -0.39 is 0 Å². The molecule has 0 aliphatic carbocycles. The second kappa shape index (κ2) is 8.33. The van der Waals surface area contributed by atoms with E-state index in [1.54, 1.807) is 0 Å². The summed E-state index contributed by atoms with van der Waals surface area (Å²) >= 11 is 6.11. The van der Waals surface area contributed by atoms with Gasteiger partial charge in [0, 0.05) is 36.2 Å². The predicted molar refractivity (Wildman–Crippen MR) is 140 cm³/mol. The van der Waals surface area contributed by atoms with Gasteiger partial charge < -0.3 is 9.47 Å². The molecular weight excluding hydrogens is 442 g/mol. The first-order valence-electron chi connectivity index (χ1n) is 11.8. The Morgan fingerprint density at radius 1 is 0.853 bits per heavy atom. The molecule has 1 aliphatic rings. The zero-order chi connectivity index (χ0) is 23.2. The van der Waals surface area contributed by atoms with Crippen molar-refractivity contribution in [2.45, 2.75) is 19.3 Å². The Kier molecular flexibility index (Phi) is 5.15. The van der Waals surface area contributed by atoms with Crippen molar-refractivity contribution in [3.63, 3.8) is 0 Å². The highest BCUT2D eigenvalue weighted by atomic mass is 35.5. The number of halogens is 1. The van der Waals surface area contributed by atoms with Crippen molar-refractivity contribution in [2.24, 2.45) is 7.05 Å². The fourth-order valence-electron chi connectivity index (χ4n) is 5.07. The Hall–Kier alpha value is -3.57. The van der Waals surface area contributed by atoms with Gasteiger partial charge in [-0.15, -0.1) is 0 Å². The zero-order valence-electron chi connectivity index (χ0n) is 19.1. The number of nitrogens with one attached hydrogen (secondary N) is 1. The number of pyridine rings is 1. The molecule has 34 heavy (non-hydrogen) atoms. The lowest BCUT2D eigenvalue weighted by Crippen LogP contribution is -2.29. The second-order valence-electron chi connectivity index (χ2n) is 9.02. The van der Waals surface area contributed by atoms with E-state index in [4.69, 9.17) is 22.0 Å². The fraction of sp³-hybridized carbons (Fsp3) is 0.214. The molecular formula is C28H26ClN5. The summed E-state index contributed by atoms with van der Waals surface area (Å²) in [5.41, 5.74) is 7.71. The van der Waals surface area contributed by atoms with Crippen LogP contribution in [0.5, 0.6) is 0 Å². The van der Waals surface area contributed by atoms with Gasteiger partial charge >= 0.3 is 0 Å². The van der Waals surface area contributed by atoms with Gasteiger partial charge in [-0.25, -0.2) is 0 Å². The minimum Gasteiger partial charge on any atom is -0.371 e. The van der Waals surface area contributed by atoms with Crippen molar-refractivity contribution in [1.29, 1.82) is 5.41 Å². The van der Waals surface area contributed by atoms with Crippen molar-refractivity contribution < 1.29 is 0 Å². The van der Waals surface area contributed by atoms with Crippen LogP contribution in [0.2, 0.25) is 5.02 Å². The number of aromatic nitrogens is 3. The standard InChI is InChI=1S/C28H26ClN5/c1-32-26-18-31-25-13-10-20(19-8-11-21(29)12-9-19)16-24(25)27(26)34(28(32)30)23-7-5-6-22(17-23)33-14-3-2-4-15-33/h5-13,16-18,30H,2-4,14-15H2,1H3. The van der Waals surface area contributed by atoms with Crippen LogP contribution in [-0.4, -0.2) is 27.2 Å². The van der Waals surface area contributed by atoms with Crippen LogP contribution in [0, 0.1) is 5.41 Å². The maximum Gasteiger partial charge on any atom is 0.207 e. The summed E-state index contributed by atoms with van der Waals surface area (Å²) in [5, 5.41) is 10.7. The van der Waals surface area contributed by atoms with Gasteiger partial charge in [-0.1, -0.05) is 35.9 Å². The molecule has 3 aromatic carbocycles. The number of fused-ring (bicyclic) bond motifs is 3. The van der Waals surface area contributed by atoms with E-state index >= 15 is 0 Å². The molecule has 6 rings (SSSR count). The Balaban J connectivity index is 1.58. The monoisotopic (exact) mass is 467 g/mol. The van der Waals surface area contributed by atoms with Gasteiger partial charge in [-0.3, -0.25) is 15.0 Å². The van der Waals surface area contributed by atoms with E-state index in [-0.39, 0.29) is 0 Å². The van der Waals surface area contributed by atoms with E-state index in [2.05, 4.69) is 51.9 Å². The van der Waals surface area contributed by atoms with E-state index in [1.807, 2.05) is 42.1 Å². The van der Waals surface area contributed by atoms with Gasteiger partial charge in [0.1, 0.15) is 0 Å². The van der Waals surface area contributed by atoms with Crippen molar-refractivity contribution in [3.05, 3.63) is 83.6 Å². The molecule has 0 amide bonds. The van der Waals surface area contributed by atoms with Gasteiger partial charge in [0.05, 0.1) is 28.4 Å². The summed E-state index contributed by atoms with van der Waals surface area (Å²) in [6, 6.07) is 22.8. The number of imidazole rings is 1. The zero-order valence-corrected chi connectivity index (χ0v) is 19.9. The van der Waals surface area contributed by atoms with Gasteiger partial charge in [0.15, 0.2) is 0 Å². The third-order valence-electron chi connectivity index (χ3n) is 6.92. The SMILES string of the molecule is Cn1c(=N)n(-c2cccc(N3CCCCC3)c2)c2c3cc(-c4ccc(Cl)cc4)ccc3ncc21. The first kappa shape index (κ1) is 21.0. The van der Waals surface area contributed by atoms with Crippen LogP contribution in [-0.2, 0) is 7.05 Å². The summed E-state index contributed by atoms with van der Waals surface area (Å²) in [6.45, 7) is 2.18. The molecule has 1 aliphatic heterocycles. The predicted octanol–water partition coefficient (Wildman–Crippen LogP) is 6.31. The molecule has 1 N–H and O–H groups in total. The van der Waals surface area contributed by atoms with Crippen LogP contribution in [0.15, 0.2) is 72.9 Å². The van der Waals surface area contributed by atoms with Crippen LogP contribution in [0.25, 0.3) is 38.8 Å². The number of rotatable bonds is 3. The highest BCUT2D eigenvalue weighted by Gasteiger charge is 2.17. The van der Waals surface area contributed by atoms with E-state index in [1.165, 1.54) is 24.9 Å². The lowest BCUT2D eigenvalue weighted by molar-refractivity contribution is 0.578. The van der Waals surface area contributed by atoms with E-state index in [0.29, 0.717) is 5.62 Å². The smallest absolute Gasteiger partial charge is 0.207 e. The Morgan fingerprint density at radius 3 is 2.38 bits per heavy atom. The number of aryl methyl sites for hydroxylation is 1. The molecule has 1 fully saturated rings. The molecule has 0 spiro atoms. The molecule has 2 aromatic heterocycles. The topological polar surface area (TPSA) is 49.8 Å². The number of benzene rings is 3. The summed E-state index contributed by atoms with van der Waals surface area (Å²) in [4.78, 5) is 7.17. The van der Waals surface area contributed by atoms with Crippen LogP contribution < -0.4 is 10.5 Å². The third kappa shape index (κ3) is 3.48.